The molecule has 128 valence electrons. The van der Waals surface area contributed by atoms with E-state index in [1.165, 1.54) is 76.2 Å². The zero-order chi connectivity index (χ0) is 16.3. The molecule has 2 rings (SSSR count). The summed E-state index contributed by atoms with van der Waals surface area (Å²) in [5.74, 6) is 0. The second-order valence-electron chi connectivity index (χ2n) is 6.92. The lowest BCUT2D eigenvalue weighted by Crippen LogP contribution is -2.37. The van der Waals surface area contributed by atoms with Crippen molar-refractivity contribution in [3.8, 4) is 0 Å². The van der Waals surface area contributed by atoms with Crippen LogP contribution in [0.3, 0.4) is 0 Å². The third-order valence-electron chi connectivity index (χ3n) is 4.75. The third-order valence-corrected chi connectivity index (χ3v) is 4.97. The summed E-state index contributed by atoms with van der Waals surface area (Å²) in [6.07, 6.45) is 15.0. The van der Waals surface area contributed by atoms with Crippen molar-refractivity contribution in [1.29, 1.82) is 0 Å². The predicted molar refractivity (Wildman–Crippen MR) is 105 cm³/mol. The Labute approximate surface area is 147 Å². The van der Waals surface area contributed by atoms with Crippen LogP contribution < -0.4 is 10.6 Å². The fourth-order valence-electron chi connectivity index (χ4n) is 3.30. The van der Waals surface area contributed by atoms with Crippen molar-refractivity contribution in [1.82, 2.24) is 5.32 Å². The molecule has 2 N–H and O–H groups in total. The van der Waals surface area contributed by atoms with Crippen molar-refractivity contribution in [2.75, 3.05) is 5.32 Å². The van der Waals surface area contributed by atoms with E-state index in [2.05, 4.69) is 41.8 Å². The Morgan fingerprint density at radius 1 is 0.826 bits per heavy atom. The number of nitrogens with one attached hydrogen (secondary N) is 2. The van der Waals surface area contributed by atoms with Crippen LogP contribution >= 0.6 is 12.2 Å². The molecule has 3 heteroatoms. The molecule has 0 heterocycles. The molecule has 0 unspecified atom stereocenters. The van der Waals surface area contributed by atoms with Gasteiger partial charge in [-0.3, -0.25) is 0 Å². The summed E-state index contributed by atoms with van der Waals surface area (Å²) < 4.78 is 0. The van der Waals surface area contributed by atoms with Gasteiger partial charge in [0.15, 0.2) is 5.11 Å². The lowest BCUT2D eigenvalue weighted by molar-refractivity contribution is 0.444. The summed E-state index contributed by atoms with van der Waals surface area (Å²) in [6.45, 7) is 2.10. The van der Waals surface area contributed by atoms with Gasteiger partial charge < -0.3 is 10.6 Å². The molecule has 0 bridgehead atoms. The summed E-state index contributed by atoms with van der Waals surface area (Å²) in [7, 11) is 0. The highest BCUT2D eigenvalue weighted by Gasteiger charge is 2.11. The van der Waals surface area contributed by atoms with Crippen molar-refractivity contribution in [2.24, 2.45) is 0 Å². The SMILES string of the molecule is Cc1ccc(NC(=S)NC2CCCCCCCCCCC2)cc1. The molecule has 0 atom stereocenters. The van der Waals surface area contributed by atoms with Gasteiger partial charge in [0.05, 0.1) is 0 Å². The lowest BCUT2D eigenvalue weighted by atomic mass is 9.98. The van der Waals surface area contributed by atoms with Crippen molar-refractivity contribution in [3.63, 3.8) is 0 Å². The van der Waals surface area contributed by atoms with E-state index in [0.29, 0.717) is 6.04 Å². The molecule has 1 aliphatic rings. The van der Waals surface area contributed by atoms with Crippen molar-refractivity contribution in [3.05, 3.63) is 29.8 Å². The van der Waals surface area contributed by atoms with Crippen LogP contribution in [-0.2, 0) is 0 Å². The number of benzene rings is 1. The fourth-order valence-corrected chi connectivity index (χ4v) is 3.58. The first-order valence-electron chi connectivity index (χ1n) is 9.38. The van der Waals surface area contributed by atoms with Crippen LogP contribution in [0.1, 0.15) is 76.2 Å². The van der Waals surface area contributed by atoms with Crippen LogP contribution in [0, 0.1) is 6.92 Å². The van der Waals surface area contributed by atoms with Gasteiger partial charge in [-0.2, -0.15) is 0 Å². The number of anilines is 1. The largest absolute Gasteiger partial charge is 0.360 e. The van der Waals surface area contributed by atoms with Crippen LogP contribution in [0.5, 0.6) is 0 Å². The van der Waals surface area contributed by atoms with Crippen LogP contribution in [0.15, 0.2) is 24.3 Å². The molecule has 1 aliphatic carbocycles. The predicted octanol–water partition coefficient (Wildman–Crippen LogP) is 5.95. The Hall–Kier alpha value is -1.09. The first-order valence-corrected chi connectivity index (χ1v) is 9.79. The monoisotopic (exact) mass is 332 g/mol. The molecule has 1 saturated carbocycles. The Balaban J connectivity index is 1.79. The van der Waals surface area contributed by atoms with E-state index in [-0.39, 0.29) is 0 Å². The Morgan fingerprint density at radius 3 is 1.83 bits per heavy atom. The van der Waals surface area contributed by atoms with Gasteiger partial charge in [0.25, 0.3) is 0 Å². The lowest BCUT2D eigenvalue weighted by Gasteiger charge is -2.21. The van der Waals surface area contributed by atoms with Crippen molar-refractivity contribution >= 4 is 23.0 Å². The number of hydrogen-bond donors (Lipinski definition) is 2. The quantitative estimate of drug-likeness (QED) is 0.654. The molecule has 1 fully saturated rings. The maximum Gasteiger partial charge on any atom is 0.170 e. The Bertz CT molecular complexity index is 443. The molecule has 0 amide bonds. The van der Waals surface area contributed by atoms with Crippen LogP contribution in [-0.4, -0.2) is 11.2 Å². The molecule has 0 radical (unpaired) electrons. The average molecular weight is 333 g/mol. The minimum absolute atomic E-state index is 0.528. The fraction of sp³-hybridized carbons (Fsp3) is 0.650. The first kappa shape index (κ1) is 18.3. The van der Waals surface area contributed by atoms with E-state index in [1.54, 1.807) is 0 Å². The van der Waals surface area contributed by atoms with Crippen molar-refractivity contribution in [2.45, 2.75) is 83.6 Å². The molecule has 2 nitrogen and oxygen atoms in total. The van der Waals surface area contributed by atoms with E-state index in [4.69, 9.17) is 12.2 Å². The smallest absolute Gasteiger partial charge is 0.170 e. The normalized spacial score (nSPS) is 18.5. The van der Waals surface area contributed by atoms with Crippen molar-refractivity contribution < 1.29 is 0 Å². The Kier molecular flexibility index (Phi) is 8.44. The van der Waals surface area contributed by atoms with Gasteiger partial charge in [-0.05, 0) is 44.1 Å². The highest BCUT2D eigenvalue weighted by atomic mass is 32.1. The minimum Gasteiger partial charge on any atom is -0.360 e. The standard InChI is InChI=1S/C20H32N2S/c1-17-13-15-19(16-14-17)22-20(23)21-18-11-9-7-5-3-2-4-6-8-10-12-18/h13-16,18H,2-12H2,1H3,(H2,21,22,23). The molecular formula is C20H32N2S. The summed E-state index contributed by atoms with van der Waals surface area (Å²) in [6, 6.07) is 8.93. The molecule has 0 saturated heterocycles. The summed E-state index contributed by atoms with van der Waals surface area (Å²) >= 11 is 5.51. The third kappa shape index (κ3) is 7.83. The van der Waals surface area contributed by atoms with E-state index in [9.17, 15) is 0 Å². The molecule has 0 spiro atoms. The van der Waals surface area contributed by atoms with Gasteiger partial charge in [-0.25, -0.2) is 0 Å². The van der Waals surface area contributed by atoms with Crippen LogP contribution in [0.25, 0.3) is 0 Å². The summed E-state index contributed by atoms with van der Waals surface area (Å²) in [4.78, 5) is 0. The highest BCUT2D eigenvalue weighted by Crippen LogP contribution is 2.17. The van der Waals surface area contributed by atoms with E-state index in [0.717, 1.165) is 10.8 Å². The van der Waals surface area contributed by atoms with Crippen LogP contribution in [0.4, 0.5) is 5.69 Å². The van der Waals surface area contributed by atoms with Gasteiger partial charge in [-0.15, -0.1) is 0 Å². The zero-order valence-corrected chi connectivity index (χ0v) is 15.4. The Morgan fingerprint density at radius 2 is 1.30 bits per heavy atom. The van der Waals surface area contributed by atoms with Gasteiger partial charge in [0.1, 0.15) is 0 Å². The maximum atomic E-state index is 5.51. The molecular weight excluding hydrogens is 300 g/mol. The molecule has 23 heavy (non-hydrogen) atoms. The number of aryl methyl sites for hydroxylation is 1. The molecule has 1 aromatic rings. The van der Waals surface area contributed by atoms with E-state index < -0.39 is 0 Å². The average Bonchev–Trinajstić information content (AvgIpc) is 2.52. The van der Waals surface area contributed by atoms with Gasteiger partial charge in [0.2, 0.25) is 0 Å². The van der Waals surface area contributed by atoms with Gasteiger partial charge in [0, 0.05) is 11.7 Å². The second kappa shape index (κ2) is 10.6. The number of rotatable bonds is 2. The number of thiocarbonyl (C=S) groups is 1. The van der Waals surface area contributed by atoms with Crippen LogP contribution in [0.2, 0.25) is 0 Å². The molecule has 1 aromatic carbocycles. The second-order valence-corrected chi connectivity index (χ2v) is 7.33. The minimum atomic E-state index is 0.528. The maximum absolute atomic E-state index is 5.51. The summed E-state index contributed by atoms with van der Waals surface area (Å²) in [5.41, 5.74) is 2.34. The molecule has 0 aromatic heterocycles. The zero-order valence-electron chi connectivity index (χ0n) is 14.6. The molecule has 0 aliphatic heterocycles. The van der Waals surface area contributed by atoms with E-state index >= 15 is 0 Å². The van der Waals surface area contributed by atoms with E-state index in [1.807, 2.05) is 0 Å². The highest BCUT2D eigenvalue weighted by molar-refractivity contribution is 7.80. The summed E-state index contributed by atoms with van der Waals surface area (Å²) in [5, 5.41) is 7.65. The number of hydrogen-bond acceptors (Lipinski definition) is 1. The first-order chi connectivity index (χ1) is 11.2. The van der Waals surface area contributed by atoms with Gasteiger partial charge in [-0.1, -0.05) is 75.5 Å². The topological polar surface area (TPSA) is 24.1 Å². The van der Waals surface area contributed by atoms with Gasteiger partial charge >= 0.3 is 0 Å².